The molecule has 3 heteroatoms. The van der Waals surface area contributed by atoms with Crippen LogP contribution in [0.15, 0.2) is 18.2 Å². The van der Waals surface area contributed by atoms with Gasteiger partial charge in [-0.25, -0.2) is 0 Å². The summed E-state index contributed by atoms with van der Waals surface area (Å²) in [5.74, 6) is 0. The quantitative estimate of drug-likeness (QED) is 0.687. The molecular formula is C18H29NO2. The molecule has 2 rings (SSSR count). The molecule has 0 radical (unpaired) electrons. The molecule has 118 valence electrons. The van der Waals surface area contributed by atoms with Crippen molar-refractivity contribution >= 4 is 0 Å². The van der Waals surface area contributed by atoms with E-state index in [1.54, 1.807) is 0 Å². The SMILES string of the molecule is CCOCCCNCCC(O)c1ccc2c(c1)CCCC2. The Morgan fingerprint density at radius 1 is 1.19 bits per heavy atom. The highest BCUT2D eigenvalue weighted by atomic mass is 16.5. The van der Waals surface area contributed by atoms with Crippen molar-refractivity contribution in [3.63, 3.8) is 0 Å². The summed E-state index contributed by atoms with van der Waals surface area (Å²) in [5.41, 5.74) is 4.00. The third kappa shape index (κ3) is 5.42. The number of aryl methyl sites for hydroxylation is 2. The Balaban J connectivity index is 1.69. The lowest BCUT2D eigenvalue weighted by molar-refractivity contribution is 0.143. The van der Waals surface area contributed by atoms with E-state index in [4.69, 9.17) is 4.74 Å². The summed E-state index contributed by atoms with van der Waals surface area (Å²) in [6.45, 7) is 5.43. The highest BCUT2D eigenvalue weighted by Gasteiger charge is 2.13. The minimum absolute atomic E-state index is 0.350. The molecule has 0 aliphatic heterocycles. The lowest BCUT2D eigenvalue weighted by Crippen LogP contribution is -2.20. The van der Waals surface area contributed by atoms with Crippen LogP contribution >= 0.6 is 0 Å². The highest BCUT2D eigenvalue weighted by molar-refractivity contribution is 5.34. The van der Waals surface area contributed by atoms with Gasteiger partial charge in [0.15, 0.2) is 0 Å². The average Bonchev–Trinajstić information content (AvgIpc) is 2.53. The van der Waals surface area contributed by atoms with Crippen LogP contribution in [0.4, 0.5) is 0 Å². The van der Waals surface area contributed by atoms with Crippen molar-refractivity contribution in [2.75, 3.05) is 26.3 Å². The van der Waals surface area contributed by atoms with E-state index in [1.807, 2.05) is 6.92 Å². The van der Waals surface area contributed by atoms with Gasteiger partial charge in [-0.1, -0.05) is 18.2 Å². The summed E-state index contributed by atoms with van der Waals surface area (Å²) in [6.07, 6.45) is 6.42. The molecule has 3 nitrogen and oxygen atoms in total. The minimum Gasteiger partial charge on any atom is -0.388 e. The molecule has 1 aliphatic carbocycles. The second-order valence-corrected chi connectivity index (χ2v) is 5.84. The number of fused-ring (bicyclic) bond motifs is 1. The van der Waals surface area contributed by atoms with E-state index in [2.05, 4.69) is 23.5 Å². The maximum Gasteiger partial charge on any atom is 0.0802 e. The lowest BCUT2D eigenvalue weighted by atomic mass is 9.89. The van der Waals surface area contributed by atoms with Gasteiger partial charge in [-0.2, -0.15) is 0 Å². The maximum atomic E-state index is 10.3. The minimum atomic E-state index is -0.350. The Morgan fingerprint density at radius 3 is 2.81 bits per heavy atom. The molecule has 0 aromatic heterocycles. The van der Waals surface area contributed by atoms with E-state index >= 15 is 0 Å². The smallest absolute Gasteiger partial charge is 0.0802 e. The zero-order valence-corrected chi connectivity index (χ0v) is 13.2. The zero-order valence-electron chi connectivity index (χ0n) is 13.2. The Hall–Kier alpha value is -0.900. The molecule has 0 heterocycles. The van der Waals surface area contributed by atoms with Crippen molar-refractivity contribution in [3.8, 4) is 0 Å². The number of aliphatic hydroxyl groups excluding tert-OH is 1. The topological polar surface area (TPSA) is 41.5 Å². The van der Waals surface area contributed by atoms with Gasteiger partial charge in [0, 0.05) is 13.2 Å². The van der Waals surface area contributed by atoms with Crippen molar-refractivity contribution in [2.45, 2.75) is 51.6 Å². The van der Waals surface area contributed by atoms with Gasteiger partial charge in [-0.05, 0) is 75.2 Å². The first-order valence-corrected chi connectivity index (χ1v) is 8.39. The fourth-order valence-electron chi connectivity index (χ4n) is 2.93. The van der Waals surface area contributed by atoms with Crippen LogP contribution in [-0.4, -0.2) is 31.4 Å². The zero-order chi connectivity index (χ0) is 14.9. The van der Waals surface area contributed by atoms with Crippen LogP contribution in [0.1, 0.15) is 55.4 Å². The Labute approximate surface area is 128 Å². The molecule has 21 heavy (non-hydrogen) atoms. The molecule has 1 aromatic carbocycles. The molecule has 2 N–H and O–H groups in total. The summed E-state index contributed by atoms with van der Waals surface area (Å²) >= 11 is 0. The first kappa shape index (κ1) is 16.5. The predicted octanol–water partition coefficient (Wildman–Crippen LogP) is 3.01. The van der Waals surface area contributed by atoms with Crippen LogP contribution in [-0.2, 0) is 17.6 Å². The molecule has 1 aromatic rings. The highest BCUT2D eigenvalue weighted by Crippen LogP contribution is 2.25. The second kappa shape index (κ2) is 9.19. The van der Waals surface area contributed by atoms with Crippen LogP contribution in [0.5, 0.6) is 0 Å². The number of hydrogen-bond acceptors (Lipinski definition) is 3. The standard InChI is InChI=1S/C18H29NO2/c1-2-21-13-5-11-19-12-10-18(20)17-9-8-15-6-3-4-7-16(15)14-17/h8-9,14,18-20H,2-7,10-13H2,1H3. The van der Waals surface area contributed by atoms with Crippen molar-refractivity contribution in [1.29, 1.82) is 0 Å². The largest absolute Gasteiger partial charge is 0.388 e. The molecule has 1 unspecified atom stereocenters. The lowest BCUT2D eigenvalue weighted by Gasteiger charge is -2.19. The first-order chi connectivity index (χ1) is 10.3. The van der Waals surface area contributed by atoms with Gasteiger partial charge in [0.2, 0.25) is 0 Å². The van der Waals surface area contributed by atoms with Gasteiger partial charge in [0.05, 0.1) is 6.10 Å². The van der Waals surface area contributed by atoms with Crippen LogP contribution in [0.2, 0.25) is 0 Å². The van der Waals surface area contributed by atoms with Crippen LogP contribution in [0.25, 0.3) is 0 Å². The first-order valence-electron chi connectivity index (χ1n) is 8.39. The van der Waals surface area contributed by atoms with Gasteiger partial charge >= 0.3 is 0 Å². The van der Waals surface area contributed by atoms with E-state index in [0.717, 1.165) is 44.7 Å². The Kier molecular flexibility index (Phi) is 7.20. The molecule has 0 amide bonds. The summed E-state index contributed by atoms with van der Waals surface area (Å²) in [5, 5.41) is 13.7. The molecule has 0 fully saturated rings. The predicted molar refractivity (Wildman–Crippen MR) is 86.6 cm³/mol. The second-order valence-electron chi connectivity index (χ2n) is 5.84. The van der Waals surface area contributed by atoms with Crippen molar-refractivity contribution in [2.24, 2.45) is 0 Å². The third-order valence-electron chi connectivity index (χ3n) is 4.20. The molecule has 0 spiro atoms. The third-order valence-corrected chi connectivity index (χ3v) is 4.20. The van der Waals surface area contributed by atoms with Gasteiger partial charge in [0.1, 0.15) is 0 Å². The van der Waals surface area contributed by atoms with Crippen molar-refractivity contribution in [1.82, 2.24) is 5.32 Å². The average molecular weight is 291 g/mol. The molecular weight excluding hydrogens is 262 g/mol. The summed E-state index contributed by atoms with van der Waals surface area (Å²) < 4.78 is 5.29. The molecule has 1 atom stereocenters. The Morgan fingerprint density at radius 2 is 2.00 bits per heavy atom. The maximum absolute atomic E-state index is 10.3. The molecule has 0 saturated carbocycles. The van der Waals surface area contributed by atoms with E-state index < -0.39 is 0 Å². The number of hydrogen-bond donors (Lipinski definition) is 2. The number of ether oxygens (including phenoxy) is 1. The molecule has 0 saturated heterocycles. The van der Waals surface area contributed by atoms with Crippen LogP contribution in [0.3, 0.4) is 0 Å². The number of benzene rings is 1. The van der Waals surface area contributed by atoms with Crippen LogP contribution < -0.4 is 5.32 Å². The van der Waals surface area contributed by atoms with Gasteiger partial charge in [-0.3, -0.25) is 0 Å². The normalized spacial score (nSPS) is 15.7. The molecule has 1 aliphatic rings. The summed E-state index contributed by atoms with van der Waals surface area (Å²) in [4.78, 5) is 0. The van der Waals surface area contributed by atoms with Gasteiger partial charge in [0.25, 0.3) is 0 Å². The number of aliphatic hydroxyl groups is 1. The summed E-state index contributed by atoms with van der Waals surface area (Å²) in [6, 6.07) is 6.53. The van der Waals surface area contributed by atoms with Gasteiger partial charge < -0.3 is 15.2 Å². The van der Waals surface area contributed by atoms with Crippen molar-refractivity contribution in [3.05, 3.63) is 34.9 Å². The van der Waals surface area contributed by atoms with E-state index in [-0.39, 0.29) is 6.10 Å². The molecule has 0 bridgehead atoms. The Bertz CT molecular complexity index is 420. The van der Waals surface area contributed by atoms with E-state index in [0.29, 0.717) is 0 Å². The van der Waals surface area contributed by atoms with E-state index in [1.165, 1.54) is 36.8 Å². The van der Waals surface area contributed by atoms with Gasteiger partial charge in [-0.15, -0.1) is 0 Å². The fraction of sp³-hybridized carbons (Fsp3) is 0.667. The number of nitrogens with one attached hydrogen (secondary N) is 1. The summed E-state index contributed by atoms with van der Waals surface area (Å²) in [7, 11) is 0. The fourth-order valence-corrected chi connectivity index (χ4v) is 2.93. The monoisotopic (exact) mass is 291 g/mol. The van der Waals surface area contributed by atoms with Crippen LogP contribution in [0, 0.1) is 0 Å². The number of rotatable bonds is 9. The van der Waals surface area contributed by atoms with E-state index in [9.17, 15) is 5.11 Å². The van der Waals surface area contributed by atoms with Crippen molar-refractivity contribution < 1.29 is 9.84 Å².